The molecular weight excluding hydrogens is 1210 g/mol. The predicted molar refractivity (Wildman–Crippen MR) is 415 cm³/mol. The fourth-order valence-electron chi connectivity index (χ4n) is 10.1. The van der Waals surface area contributed by atoms with E-state index in [9.17, 15) is 19.0 Å². The maximum absolute atomic E-state index is 12.9. The van der Waals surface area contributed by atoms with E-state index in [0.29, 0.717) is 17.4 Å². The van der Waals surface area contributed by atoms with E-state index in [4.69, 9.17) is 18.5 Å². The van der Waals surface area contributed by atoms with Gasteiger partial charge >= 0.3 is 11.9 Å². The smallest absolute Gasteiger partial charge is 0.306 e. The number of carbonyl (C=O) groups excluding carboxylic acids is 2. The minimum absolute atomic E-state index is 0.0447. The van der Waals surface area contributed by atoms with Gasteiger partial charge < -0.3 is 27.9 Å². The summed E-state index contributed by atoms with van der Waals surface area (Å²) in [5.74, 6) is -0.868. The van der Waals surface area contributed by atoms with Gasteiger partial charge in [-0.2, -0.15) is 0 Å². The highest BCUT2D eigenvalue weighted by Gasteiger charge is 2.22. The second-order valence-corrected chi connectivity index (χ2v) is 27.7. The molecule has 10 heteroatoms. The Morgan fingerprint density at radius 2 is 0.594 bits per heavy atom. The lowest BCUT2D eigenvalue weighted by Gasteiger charge is -2.28. The van der Waals surface area contributed by atoms with Crippen LogP contribution in [0.5, 0.6) is 0 Å². The first kappa shape index (κ1) is 91.1. The quantitative estimate of drug-likeness (QED) is 0.0195. The van der Waals surface area contributed by atoms with Gasteiger partial charge in [0.05, 0.1) is 27.7 Å². The second-order valence-electron chi connectivity index (χ2n) is 26.3. The van der Waals surface area contributed by atoms with Crippen molar-refractivity contribution >= 4 is 19.8 Å². The van der Waals surface area contributed by atoms with Crippen molar-refractivity contribution < 1.29 is 42.1 Å². The molecule has 96 heavy (non-hydrogen) atoms. The maximum Gasteiger partial charge on any atom is 0.306 e. The standard InChI is InChI=1S/C86H142NO8P/c1-6-8-10-12-14-16-18-20-22-24-26-28-30-32-34-36-38-39-40-41-42-43-44-45-46-47-49-51-53-55-57-59-61-63-65-67-69-71-73-75-77-79-86(89)95-84(83-94-96(90,91)93-81-80-87(3,4)5)82-92-85(88)78-76-74-72-70-68-66-64-62-60-58-56-54-52-50-48-37-35-33-31-29-27-25-23-21-19-17-15-13-11-9-7-2/h8,10,14,16,19-22,25-28,31-34,38-39,41-42,44-45,47,49,53,55,59,61,65,67,84H,6-7,9,11-13,15,17-18,23-24,29-30,35-37,40,43,46,48,50-52,54,56-58,60,62-64,66,68-83H2,1-5H3/b10-8-,16-14-,21-19-,22-20-,27-25-,28-26-,33-31-,34-32-,39-38-,42-41-,45-44-,49-47-,55-53-,61-59-,67-65-. The first-order valence-electron chi connectivity index (χ1n) is 38.5. The van der Waals surface area contributed by atoms with Crippen molar-refractivity contribution in [1.82, 2.24) is 0 Å². The van der Waals surface area contributed by atoms with Crippen molar-refractivity contribution in [2.45, 2.75) is 302 Å². The van der Waals surface area contributed by atoms with Crippen molar-refractivity contribution in [3.63, 3.8) is 0 Å². The molecule has 0 radical (unpaired) electrons. The molecule has 0 bridgehead atoms. The molecule has 2 unspecified atom stereocenters. The third-order valence-corrected chi connectivity index (χ3v) is 16.9. The normalized spacial score (nSPS) is 14.1. The van der Waals surface area contributed by atoms with Crippen LogP contribution in [0.4, 0.5) is 0 Å². The van der Waals surface area contributed by atoms with Crippen molar-refractivity contribution in [3.05, 3.63) is 182 Å². The maximum atomic E-state index is 12.9. The van der Waals surface area contributed by atoms with Crippen LogP contribution >= 0.6 is 7.82 Å². The van der Waals surface area contributed by atoms with E-state index in [0.717, 1.165) is 135 Å². The molecule has 0 amide bonds. The summed E-state index contributed by atoms with van der Waals surface area (Å²) in [5.41, 5.74) is 0. The van der Waals surface area contributed by atoms with Crippen molar-refractivity contribution in [2.75, 3.05) is 47.5 Å². The first-order chi connectivity index (χ1) is 47.0. The zero-order chi connectivity index (χ0) is 69.7. The third-order valence-electron chi connectivity index (χ3n) is 15.9. The van der Waals surface area contributed by atoms with Gasteiger partial charge in [-0.05, 0) is 141 Å². The number of ether oxygens (including phenoxy) is 2. The van der Waals surface area contributed by atoms with Crippen LogP contribution in [0.25, 0.3) is 0 Å². The molecule has 0 saturated carbocycles. The zero-order valence-electron chi connectivity index (χ0n) is 62.0. The summed E-state index contributed by atoms with van der Waals surface area (Å²) < 4.78 is 34.3. The van der Waals surface area contributed by atoms with Gasteiger partial charge in [0.2, 0.25) is 0 Å². The van der Waals surface area contributed by atoms with Crippen LogP contribution in [0.15, 0.2) is 182 Å². The molecule has 544 valence electrons. The van der Waals surface area contributed by atoms with Crippen molar-refractivity contribution in [2.24, 2.45) is 0 Å². The highest BCUT2D eigenvalue weighted by molar-refractivity contribution is 7.45. The molecule has 0 aliphatic heterocycles. The molecule has 0 N–H and O–H groups in total. The molecule has 0 aromatic rings. The van der Waals surface area contributed by atoms with Crippen LogP contribution in [-0.2, 0) is 32.7 Å². The number of esters is 2. The van der Waals surface area contributed by atoms with Gasteiger partial charge in [-0.1, -0.05) is 325 Å². The molecule has 0 fully saturated rings. The van der Waals surface area contributed by atoms with Crippen LogP contribution in [0.1, 0.15) is 296 Å². The van der Waals surface area contributed by atoms with E-state index in [2.05, 4.69) is 196 Å². The van der Waals surface area contributed by atoms with Crippen LogP contribution in [0.3, 0.4) is 0 Å². The van der Waals surface area contributed by atoms with Crippen molar-refractivity contribution in [3.8, 4) is 0 Å². The first-order valence-corrected chi connectivity index (χ1v) is 40.0. The van der Waals surface area contributed by atoms with Gasteiger partial charge in [-0.15, -0.1) is 0 Å². The molecule has 9 nitrogen and oxygen atoms in total. The lowest BCUT2D eigenvalue weighted by Crippen LogP contribution is -2.37. The number of hydrogen-bond acceptors (Lipinski definition) is 8. The highest BCUT2D eigenvalue weighted by Crippen LogP contribution is 2.38. The fourth-order valence-corrected chi connectivity index (χ4v) is 10.8. The van der Waals surface area contributed by atoms with Gasteiger partial charge in [-0.3, -0.25) is 14.2 Å². The summed E-state index contributed by atoms with van der Waals surface area (Å²) >= 11 is 0. The topological polar surface area (TPSA) is 111 Å². The van der Waals surface area contributed by atoms with Gasteiger partial charge in [0.15, 0.2) is 6.10 Å². The average molecular weight is 1350 g/mol. The summed E-state index contributed by atoms with van der Waals surface area (Å²) in [4.78, 5) is 38.1. The lowest BCUT2D eigenvalue weighted by atomic mass is 10.0. The van der Waals surface area contributed by atoms with Crippen LogP contribution in [-0.4, -0.2) is 70.0 Å². The predicted octanol–water partition coefficient (Wildman–Crippen LogP) is 25.2. The SMILES string of the molecule is CC/C=C\C/C=C\C/C=C\C/C=C\C/C=C\C/C=C\C/C=C\C/C=C\C/C=C\C/C=C\C/C=C\C/C=C\CCCCCCC(=O)OC(COC(=O)CCCCCCCCCCCCCCCCCC/C=C\C/C=C\C/C=C\CCCCCCC)COP(=O)([O-])OCC[N+](C)(C)C. The second kappa shape index (κ2) is 74.3. The van der Waals surface area contributed by atoms with E-state index < -0.39 is 32.5 Å². The Morgan fingerprint density at radius 3 is 0.885 bits per heavy atom. The zero-order valence-corrected chi connectivity index (χ0v) is 62.9. The van der Waals surface area contributed by atoms with Gasteiger partial charge in [-0.25, -0.2) is 0 Å². The Balaban J connectivity index is 4.14. The van der Waals surface area contributed by atoms with E-state index in [1.807, 2.05) is 21.1 Å². The number of unbranched alkanes of at least 4 members (excludes halogenated alkanes) is 25. The summed E-state index contributed by atoms with van der Waals surface area (Å²) in [6.45, 7) is 4.08. The van der Waals surface area contributed by atoms with Gasteiger partial charge in [0.25, 0.3) is 7.82 Å². The molecule has 0 aromatic heterocycles. The fraction of sp³-hybridized carbons (Fsp3) is 0.628. The number of phosphoric acid groups is 1. The summed E-state index contributed by atoms with van der Waals surface area (Å²) in [6, 6.07) is 0. The Labute approximate surface area is 591 Å². The van der Waals surface area contributed by atoms with E-state index in [1.165, 1.54) is 128 Å². The molecule has 0 aliphatic carbocycles. The van der Waals surface area contributed by atoms with E-state index in [1.54, 1.807) is 0 Å². The van der Waals surface area contributed by atoms with Gasteiger partial charge in [0.1, 0.15) is 19.8 Å². The Bertz CT molecular complexity index is 2280. The monoisotopic (exact) mass is 1350 g/mol. The van der Waals surface area contributed by atoms with E-state index in [-0.39, 0.29) is 26.1 Å². The molecule has 0 aromatic carbocycles. The Morgan fingerprint density at radius 1 is 0.333 bits per heavy atom. The van der Waals surface area contributed by atoms with Gasteiger partial charge in [0, 0.05) is 12.8 Å². The minimum Gasteiger partial charge on any atom is -0.756 e. The third kappa shape index (κ3) is 78.1. The van der Waals surface area contributed by atoms with E-state index >= 15 is 0 Å². The average Bonchev–Trinajstić information content (AvgIpc) is 2.54. The molecule has 2 atom stereocenters. The molecule has 0 heterocycles. The Kier molecular flexibility index (Phi) is 70.5. The number of rotatable bonds is 69. The molecular formula is C86H142NO8P. The summed E-state index contributed by atoms with van der Waals surface area (Å²) in [5, 5.41) is 0. The van der Waals surface area contributed by atoms with Crippen LogP contribution < -0.4 is 4.89 Å². The number of quaternary nitrogens is 1. The molecule has 0 spiro atoms. The molecule has 0 aliphatic rings. The number of likely N-dealkylation sites (N-methyl/N-ethyl adjacent to an activating group) is 1. The van der Waals surface area contributed by atoms with Crippen LogP contribution in [0, 0.1) is 0 Å². The van der Waals surface area contributed by atoms with Crippen molar-refractivity contribution in [1.29, 1.82) is 0 Å². The highest BCUT2D eigenvalue weighted by atomic mass is 31.2. The number of hydrogen-bond donors (Lipinski definition) is 0. The largest absolute Gasteiger partial charge is 0.756 e. The number of nitrogens with zero attached hydrogens (tertiary/aromatic N) is 1. The summed E-state index contributed by atoms with van der Waals surface area (Å²) in [6.07, 6.45) is 114. The number of allylic oxidation sites excluding steroid dienone is 30. The molecule has 0 rings (SSSR count). The number of phosphoric ester groups is 1. The summed E-state index contributed by atoms with van der Waals surface area (Å²) in [7, 11) is 1.13. The molecule has 0 saturated heterocycles. The van der Waals surface area contributed by atoms with Crippen LogP contribution in [0.2, 0.25) is 0 Å². The number of carbonyl (C=O) groups is 2. The minimum atomic E-state index is -4.66. The lowest BCUT2D eigenvalue weighted by molar-refractivity contribution is -0.870. The Hall–Kier alpha value is -4.89.